The monoisotopic (exact) mass is 288 g/mol. The lowest BCUT2D eigenvalue weighted by Gasteiger charge is -2.18. The molecule has 0 bridgehead atoms. The summed E-state index contributed by atoms with van der Waals surface area (Å²) in [7, 11) is 1.99. The summed E-state index contributed by atoms with van der Waals surface area (Å²) in [5, 5.41) is 4.40. The molecule has 0 radical (unpaired) electrons. The third-order valence-corrected chi connectivity index (χ3v) is 5.05. The normalized spacial score (nSPS) is 13.5. The molecule has 1 unspecified atom stereocenters. The maximum atomic E-state index is 4.72. The average molecular weight is 288 g/mol. The van der Waals surface area contributed by atoms with Gasteiger partial charge in [0.1, 0.15) is 5.01 Å². The van der Waals surface area contributed by atoms with E-state index in [4.69, 9.17) is 4.98 Å². The van der Waals surface area contributed by atoms with Gasteiger partial charge in [0.25, 0.3) is 0 Å². The van der Waals surface area contributed by atoms with Crippen LogP contribution in [0.1, 0.15) is 49.9 Å². The van der Waals surface area contributed by atoms with Gasteiger partial charge in [-0.05, 0) is 31.9 Å². The summed E-state index contributed by atoms with van der Waals surface area (Å²) in [4.78, 5) is 6.04. The molecule has 2 aromatic rings. The summed E-state index contributed by atoms with van der Waals surface area (Å²) in [6.07, 6.45) is 0. The molecule has 0 aliphatic carbocycles. The second-order valence-electron chi connectivity index (χ2n) is 6.31. The van der Waals surface area contributed by atoms with Gasteiger partial charge in [0.2, 0.25) is 0 Å². The van der Waals surface area contributed by atoms with Crippen molar-refractivity contribution in [2.45, 2.75) is 46.1 Å². The van der Waals surface area contributed by atoms with Crippen molar-refractivity contribution < 1.29 is 0 Å². The minimum Gasteiger partial charge on any atom is -0.312 e. The highest BCUT2D eigenvalue weighted by atomic mass is 32.1. The molecule has 1 aromatic carbocycles. The van der Waals surface area contributed by atoms with E-state index < -0.39 is 0 Å². The molecule has 1 aromatic heterocycles. The van der Waals surface area contributed by atoms with Gasteiger partial charge in [-0.15, -0.1) is 11.3 Å². The van der Waals surface area contributed by atoms with E-state index in [1.54, 1.807) is 11.3 Å². The highest BCUT2D eigenvalue weighted by Crippen LogP contribution is 2.32. The van der Waals surface area contributed by atoms with Gasteiger partial charge >= 0.3 is 0 Å². The molecule has 2 rings (SSSR count). The molecule has 2 nitrogen and oxygen atoms in total. The Morgan fingerprint density at radius 1 is 1.15 bits per heavy atom. The zero-order valence-corrected chi connectivity index (χ0v) is 14.1. The van der Waals surface area contributed by atoms with Gasteiger partial charge in [0.05, 0.1) is 5.69 Å². The lowest BCUT2D eigenvalue weighted by Crippen LogP contribution is -2.11. The van der Waals surface area contributed by atoms with E-state index in [0.717, 1.165) is 10.7 Å². The van der Waals surface area contributed by atoms with E-state index >= 15 is 0 Å². The highest BCUT2D eigenvalue weighted by molar-refractivity contribution is 7.15. The number of hydrogen-bond acceptors (Lipinski definition) is 3. The lowest BCUT2D eigenvalue weighted by atomic mass is 9.87. The standard InChI is InChI=1S/C17H24N2S/c1-11(18-6)15-12(2)19-16(20-15)13-7-9-14(10-8-13)17(3,4)5/h7-11,18H,1-6H3. The molecule has 0 spiro atoms. The second-order valence-corrected chi connectivity index (χ2v) is 7.34. The van der Waals surface area contributed by atoms with Crippen LogP contribution in [-0.4, -0.2) is 12.0 Å². The van der Waals surface area contributed by atoms with Crippen LogP contribution in [0.15, 0.2) is 24.3 Å². The number of rotatable bonds is 3. The van der Waals surface area contributed by atoms with Gasteiger partial charge in [-0.25, -0.2) is 4.98 Å². The van der Waals surface area contributed by atoms with Crippen molar-refractivity contribution in [1.82, 2.24) is 10.3 Å². The van der Waals surface area contributed by atoms with Crippen LogP contribution in [0.5, 0.6) is 0 Å². The summed E-state index contributed by atoms with van der Waals surface area (Å²) in [6, 6.07) is 9.16. The number of aryl methyl sites for hydroxylation is 1. The zero-order chi connectivity index (χ0) is 14.9. The number of aromatic nitrogens is 1. The topological polar surface area (TPSA) is 24.9 Å². The van der Waals surface area contributed by atoms with E-state index in [9.17, 15) is 0 Å². The molecule has 0 aliphatic heterocycles. The smallest absolute Gasteiger partial charge is 0.123 e. The molecular formula is C17H24N2S. The molecular weight excluding hydrogens is 264 g/mol. The van der Waals surface area contributed by atoms with Crippen LogP contribution in [0.25, 0.3) is 10.6 Å². The lowest BCUT2D eigenvalue weighted by molar-refractivity contribution is 0.590. The van der Waals surface area contributed by atoms with Crippen LogP contribution in [0.2, 0.25) is 0 Å². The third-order valence-electron chi connectivity index (χ3n) is 3.66. The number of benzene rings is 1. The van der Waals surface area contributed by atoms with E-state index in [1.807, 2.05) is 7.05 Å². The Hall–Kier alpha value is -1.19. The first-order valence-electron chi connectivity index (χ1n) is 7.08. The summed E-state index contributed by atoms with van der Waals surface area (Å²) >= 11 is 1.79. The maximum Gasteiger partial charge on any atom is 0.123 e. The predicted molar refractivity (Wildman–Crippen MR) is 88.5 cm³/mol. The first-order chi connectivity index (χ1) is 9.32. The Morgan fingerprint density at radius 3 is 2.25 bits per heavy atom. The SMILES string of the molecule is CNC(C)c1sc(-c2ccc(C(C)(C)C)cc2)nc1C. The number of nitrogens with zero attached hydrogens (tertiary/aromatic N) is 1. The van der Waals surface area contributed by atoms with Gasteiger partial charge in [-0.2, -0.15) is 0 Å². The van der Waals surface area contributed by atoms with Gasteiger partial charge < -0.3 is 5.32 Å². The number of hydrogen-bond donors (Lipinski definition) is 1. The highest BCUT2D eigenvalue weighted by Gasteiger charge is 2.16. The minimum absolute atomic E-state index is 0.198. The van der Waals surface area contributed by atoms with Crippen LogP contribution in [0, 0.1) is 6.92 Å². The molecule has 0 amide bonds. The van der Waals surface area contributed by atoms with E-state index in [-0.39, 0.29) is 5.41 Å². The van der Waals surface area contributed by atoms with Gasteiger partial charge in [-0.3, -0.25) is 0 Å². The van der Waals surface area contributed by atoms with Crippen LogP contribution in [0.3, 0.4) is 0 Å². The van der Waals surface area contributed by atoms with Crippen LogP contribution in [-0.2, 0) is 5.41 Å². The molecule has 1 atom stereocenters. The molecule has 0 aliphatic rings. The second kappa shape index (κ2) is 5.66. The van der Waals surface area contributed by atoms with Crippen LogP contribution in [0.4, 0.5) is 0 Å². The molecule has 3 heteroatoms. The number of nitrogens with one attached hydrogen (secondary N) is 1. The van der Waals surface area contributed by atoms with Crippen LogP contribution >= 0.6 is 11.3 Å². The first kappa shape index (κ1) is 15.2. The van der Waals surface area contributed by atoms with Crippen molar-refractivity contribution in [2.24, 2.45) is 0 Å². The quantitative estimate of drug-likeness (QED) is 0.885. The van der Waals surface area contributed by atoms with Crippen molar-refractivity contribution >= 4 is 11.3 Å². The molecule has 1 heterocycles. The minimum atomic E-state index is 0.198. The van der Waals surface area contributed by atoms with E-state index in [2.05, 4.69) is 64.2 Å². The fourth-order valence-electron chi connectivity index (χ4n) is 2.18. The largest absolute Gasteiger partial charge is 0.312 e. The molecule has 0 saturated heterocycles. The van der Waals surface area contributed by atoms with E-state index in [1.165, 1.54) is 16.0 Å². The summed E-state index contributed by atoms with van der Waals surface area (Å²) in [5.41, 5.74) is 3.90. The van der Waals surface area contributed by atoms with Gasteiger partial charge in [0, 0.05) is 16.5 Å². The molecule has 0 fully saturated rings. The van der Waals surface area contributed by atoms with Crippen molar-refractivity contribution in [1.29, 1.82) is 0 Å². The Balaban J connectivity index is 2.33. The third kappa shape index (κ3) is 3.10. The summed E-state index contributed by atoms with van der Waals surface area (Å²) in [6.45, 7) is 11.0. The zero-order valence-electron chi connectivity index (χ0n) is 13.2. The average Bonchev–Trinajstić information content (AvgIpc) is 2.79. The Labute approximate surface area is 126 Å². The molecule has 0 saturated carbocycles. The van der Waals surface area contributed by atoms with E-state index in [0.29, 0.717) is 6.04 Å². The molecule has 108 valence electrons. The Bertz CT molecular complexity index is 576. The van der Waals surface area contributed by atoms with Crippen molar-refractivity contribution in [2.75, 3.05) is 7.05 Å². The Kier molecular flexibility index (Phi) is 4.31. The Morgan fingerprint density at radius 2 is 1.75 bits per heavy atom. The molecule has 20 heavy (non-hydrogen) atoms. The fourth-order valence-corrected chi connectivity index (χ4v) is 3.31. The van der Waals surface area contributed by atoms with Gasteiger partial charge in [0.15, 0.2) is 0 Å². The van der Waals surface area contributed by atoms with Crippen molar-refractivity contribution in [3.8, 4) is 10.6 Å². The predicted octanol–water partition coefficient (Wildman–Crippen LogP) is 4.70. The summed E-state index contributed by atoms with van der Waals surface area (Å²) in [5.74, 6) is 0. The van der Waals surface area contributed by atoms with Crippen molar-refractivity contribution in [3.05, 3.63) is 40.4 Å². The molecule has 1 N–H and O–H groups in total. The number of thiazole rings is 1. The first-order valence-corrected chi connectivity index (χ1v) is 7.90. The van der Waals surface area contributed by atoms with Crippen molar-refractivity contribution in [3.63, 3.8) is 0 Å². The van der Waals surface area contributed by atoms with Crippen LogP contribution < -0.4 is 5.32 Å². The maximum absolute atomic E-state index is 4.72. The fraction of sp³-hybridized carbons (Fsp3) is 0.471. The van der Waals surface area contributed by atoms with Gasteiger partial charge in [-0.1, -0.05) is 45.0 Å². The summed E-state index contributed by atoms with van der Waals surface area (Å²) < 4.78 is 0.